The predicted molar refractivity (Wildman–Crippen MR) is 110 cm³/mol. The first kappa shape index (κ1) is 20.5. The molecule has 0 unspecified atom stereocenters. The summed E-state index contributed by atoms with van der Waals surface area (Å²) in [6.07, 6.45) is 6.10. The van der Waals surface area contributed by atoms with Gasteiger partial charge in [-0.3, -0.25) is 9.59 Å². The average molecular weight is 419 g/mol. The zero-order chi connectivity index (χ0) is 21.0. The third-order valence-corrected chi connectivity index (χ3v) is 8.72. The lowest BCUT2D eigenvalue weighted by Crippen LogP contribution is -2.62. The summed E-state index contributed by atoms with van der Waals surface area (Å²) in [5.74, 6) is 2.28. The van der Waals surface area contributed by atoms with Crippen molar-refractivity contribution in [3.8, 4) is 0 Å². The lowest BCUT2D eigenvalue weighted by molar-refractivity contribution is -0.129. The summed E-state index contributed by atoms with van der Waals surface area (Å²) in [6.45, 7) is 4.62. The molecule has 1 amide bonds. The van der Waals surface area contributed by atoms with Crippen LogP contribution in [0.15, 0.2) is 29.2 Å². The molecule has 0 aromatic heterocycles. The van der Waals surface area contributed by atoms with E-state index in [-0.39, 0.29) is 22.6 Å². The number of benzene rings is 1. The maximum Gasteiger partial charge on any atom is 0.241 e. The highest BCUT2D eigenvalue weighted by Gasteiger charge is 2.49. The van der Waals surface area contributed by atoms with Gasteiger partial charge < -0.3 is 5.32 Å². The quantitative estimate of drug-likeness (QED) is 0.695. The summed E-state index contributed by atoms with van der Waals surface area (Å²) in [7, 11) is -3.89. The molecule has 0 heterocycles. The van der Waals surface area contributed by atoms with Crippen molar-refractivity contribution < 1.29 is 18.0 Å². The Labute approximate surface area is 172 Å². The second kappa shape index (κ2) is 7.20. The molecule has 4 saturated carbocycles. The number of hydrogen-bond acceptors (Lipinski definition) is 4. The third-order valence-electron chi connectivity index (χ3n) is 7.05. The van der Waals surface area contributed by atoms with Gasteiger partial charge in [0.25, 0.3) is 0 Å². The van der Waals surface area contributed by atoms with Crippen molar-refractivity contribution >= 4 is 21.7 Å². The van der Waals surface area contributed by atoms with Crippen LogP contribution in [0.2, 0.25) is 0 Å². The number of hydrogen-bond donors (Lipinski definition) is 2. The molecule has 0 saturated heterocycles. The Bertz CT molecular complexity index is 893. The fourth-order valence-electron chi connectivity index (χ4n) is 5.80. The van der Waals surface area contributed by atoms with Crippen LogP contribution in [0.1, 0.15) is 63.2 Å². The third kappa shape index (κ3) is 3.99. The number of carbonyl (C=O) groups is 2. The summed E-state index contributed by atoms with van der Waals surface area (Å²) >= 11 is 0. The summed E-state index contributed by atoms with van der Waals surface area (Å²) < 4.78 is 28.1. The van der Waals surface area contributed by atoms with Crippen molar-refractivity contribution in [3.05, 3.63) is 29.8 Å². The van der Waals surface area contributed by atoms with Gasteiger partial charge in [-0.15, -0.1) is 0 Å². The predicted octanol–water partition coefficient (Wildman–Crippen LogP) is 2.89. The molecule has 0 radical (unpaired) electrons. The van der Waals surface area contributed by atoms with Gasteiger partial charge >= 0.3 is 0 Å². The number of amides is 1. The highest BCUT2D eigenvalue weighted by atomic mass is 32.2. The van der Waals surface area contributed by atoms with E-state index in [0.29, 0.717) is 17.4 Å². The van der Waals surface area contributed by atoms with Crippen LogP contribution in [0.3, 0.4) is 0 Å². The summed E-state index contributed by atoms with van der Waals surface area (Å²) in [5, 5.41) is 3.19. The Balaban J connectivity index is 1.45. The van der Waals surface area contributed by atoms with E-state index < -0.39 is 15.6 Å². The molecule has 0 aliphatic heterocycles. The normalized spacial score (nSPS) is 30.9. The maximum absolute atomic E-state index is 13.0. The molecule has 0 atom stereocenters. The second-order valence-corrected chi connectivity index (χ2v) is 11.4. The zero-order valence-corrected chi connectivity index (χ0v) is 18.1. The van der Waals surface area contributed by atoms with E-state index in [1.807, 2.05) is 0 Å². The fraction of sp³-hybridized carbons (Fsp3) is 0.636. The van der Waals surface area contributed by atoms with Crippen LogP contribution >= 0.6 is 0 Å². The Hall–Kier alpha value is -1.73. The van der Waals surface area contributed by atoms with Crippen molar-refractivity contribution in [1.29, 1.82) is 0 Å². The number of Topliss-reactive ketones (excluding diaryl/α,β-unsaturated/α-hetero) is 1. The minimum Gasteiger partial charge on any atom is -0.351 e. The molecule has 4 aliphatic carbocycles. The van der Waals surface area contributed by atoms with E-state index in [0.717, 1.165) is 11.8 Å². The minimum absolute atomic E-state index is 0.0398. The monoisotopic (exact) mass is 418 g/mol. The first-order valence-electron chi connectivity index (χ1n) is 10.5. The first-order chi connectivity index (χ1) is 13.5. The van der Waals surface area contributed by atoms with Crippen molar-refractivity contribution in [2.24, 2.45) is 23.7 Å². The lowest BCUT2D eigenvalue weighted by atomic mass is 9.54. The fourth-order valence-corrected chi connectivity index (χ4v) is 7.18. The SMILES string of the molecule is CC(=O)c1ccc(S(=O)(=O)NC(C)(C)C(=O)NC2C3CC4CC(C3)CC2C4)cc1. The van der Waals surface area contributed by atoms with Crippen LogP contribution in [0.4, 0.5) is 0 Å². The Kier molecular flexibility index (Phi) is 5.10. The smallest absolute Gasteiger partial charge is 0.241 e. The number of nitrogens with one attached hydrogen (secondary N) is 2. The van der Waals surface area contributed by atoms with Crippen LogP contribution < -0.4 is 10.0 Å². The van der Waals surface area contributed by atoms with Crippen LogP contribution in [-0.4, -0.2) is 31.7 Å². The van der Waals surface area contributed by atoms with Gasteiger partial charge in [-0.1, -0.05) is 12.1 Å². The number of carbonyl (C=O) groups excluding carboxylic acids is 2. The molecule has 2 N–H and O–H groups in total. The van der Waals surface area contributed by atoms with Gasteiger partial charge in [0.15, 0.2) is 5.78 Å². The largest absolute Gasteiger partial charge is 0.351 e. The Morgan fingerprint density at radius 1 is 0.931 bits per heavy atom. The molecule has 158 valence electrons. The van der Waals surface area contributed by atoms with E-state index in [2.05, 4.69) is 10.0 Å². The van der Waals surface area contributed by atoms with Gasteiger partial charge in [-0.05, 0) is 88.7 Å². The zero-order valence-electron chi connectivity index (χ0n) is 17.3. The summed E-state index contributed by atoms with van der Waals surface area (Å²) in [4.78, 5) is 24.5. The molecule has 7 heteroatoms. The molecular weight excluding hydrogens is 388 g/mol. The van der Waals surface area contributed by atoms with E-state index in [1.54, 1.807) is 13.8 Å². The van der Waals surface area contributed by atoms with Crippen LogP contribution in [0.25, 0.3) is 0 Å². The summed E-state index contributed by atoms with van der Waals surface area (Å²) in [5.41, 5.74) is -0.824. The molecule has 4 fully saturated rings. The van der Waals surface area contributed by atoms with E-state index in [9.17, 15) is 18.0 Å². The topological polar surface area (TPSA) is 92.3 Å². The van der Waals surface area contributed by atoms with Gasteiger partial charge in [0.05, 0.1) is 4.90 Å². The lowest BCUT2D eigenvalue weighted by Gasteiger charge is -2.54. The van der Waals surface area contributed by atoms with Crippen molar-refractivity contribution in [2.45, 2.75) is 69.4 Å². The van der Waals surface area contributed by atoms with Crippen LogP contribution in [0, 0.1) is 23.7 Å². The molecule has 29 heavy (non-hydrogen) atoms. The minimum atomic E-state index is -3.89. The van der Waals surface area contributed by atoms with Crippen LogP contribution in [0.5, 0.6) is 0 Å². The number of rotatable bonds is 6. The Morgan fingerprint density at radius 2 is 1.45 bits per heavy atom. The van der Waals surface area contributed by atoms with Gasteiger partial charge in [0.1, 0.15) is 5.54 Å². The molecule has 1 aromatic carbocycles. The first-order valence-corrected chi connectivity index (χ1v) is 12.0. The Morgan fingerprint density at radius 3 is 1.93 bits per heavy atom. The maximum atomic E-state index is 13.0. The molecule has 0 spiro atoms. The number of ketones is 1. The molecule has 6 nitrogen and oxygen atoms in total. The van der Waals surface area contributed by atoms with Gasteiger partial charge in [0, 0.05) is 11.6 Å². The van der Waals surface area contributed by atoms with E-state index >= 15 is 0 Å². The van der Waals surface area contributed by atoms with Gasteiger partial charge in [-0.25, -0.2) is 8.42 Å². The molecular formula is C22H30N2O4S. The van der Waals surface area contributed by atoms with Crippen molar-refractivity contribution in [3.63, 3.8) is 0 Å². The average Bonchev–Trinajstić information content (AvgIpc) is 2.63. The van der Waals surface area contributed by atoms with Crippen molar-refractivity contribution in [2.75, 3.05) is 0 Å². The van der Waals surface area contributed by atoms with Gasteiger partial charge in [-0.2, -0.15) is 4.72 Å². The molecule has 1 aromatic rings. The van der Waals surface area contributed by atoms with Crippen molar-refractivity contribution in [1.82, 2.24) is 10.0 Å². The van der Waals surface area contributed by atoms with Gasteiger partial charge in [0.2, 0.25) is 15.9 Å². The standard InChI is InChI=1S/C22H30N2O4S/c1-13(25)16-4-6-19(7-5-16)29(27,28)24-22(2,3)21(26)23-20-17-9-14-8-15(11-17)12-18(20)10-14/h4-7,14-15,17-18,20,24H,8-12H2,1-3H3,(H,23,26). The molecule has 5 rings (SSSR count). The highest BCUT2D eigenvalue weighted by molar-refractivity contribution is 7.89. The van der Waals surface area contributed by atoms with E-state index in [4.69, 9.17) is 0 Å². The highest BCUT2D eigenvalue weighted by Crippen LogP contribution is 2.53. The second-order valence-electron chi connectivity index (χ2n) is 9.74. The van der Waals surface area contributed by atoms with Crippen LogP contribution in [-0.2, 0) is 14.8 Å². The van der Waals surface area contributed by atoms with E-state index in [1.165, 1.54) is 63.3 Å². The molecule has 4 aliphatic rings. The summed E-state index contributed by atoms with van der Waals surface area (Å²) in [6, 6.07) is 5.92. The molecule has 4 bridgehead atoms. The number of sulfonamides is 1.